The molecular formula is C18H18N6O5S2. The van der Waals surface area contributed by atoms with Gasteiger partial charge in [0.1, 0.15) is 33.9 Å². The Kier molecular flexibility index (Phi) is 5.89. The highest BCUT2D eigenvalue weighted by atomic mass is 32.2. The Hall–Kier alpha value is -3.03. The zero-order valence-corrected chi connectivity index (χ0v) is 17.5. The van der Waals surface area contributed by atoms with Gasteiger partial charge in [-0.05, 0) is 23.3 Å². The average Bonchev–Trinajstić information content (AvgIpc) is 3.28. The van der Waals surface area contributed by atoms with Gasteiger partial charge in [-0.25, -0.2) is 4.79 Å². The molecule has 0 radical (unpaired) electrons. The number of fused-ring (bicyclic) bond motifs is 1. The molecule has 2 amide bonds. The number of nitrogens with zero attached hydrogens (tertiary/aromatic N) is 3. The number of phenolic OH excluding ortho intramolecular Hbond substituents is 1. The first kappa shape index (κ1) is 21.2. The number of amides is 2. The van der Waals surface area contributed by atoms with Crippen molar-refractivity contribution in [2.75, 3.05) is 11.5 Å². The molecule has 0 saturated carbocycles. The lowest BCUT2D eigenvalue weighted by atomic mass is 10.0. The summed E-state index contributed by atoms with van der Waals surface area (Å²) in [5.41, 5.74) is 6.99. The second-order valence-corrected chi connectivity index (χ2v) is 8.92. The van der Waals surface area contributed by atoms with E-state index in [-0.39, 0.29) is 11.4 Å². The van der Waals surface area contributed by atoms with E-state index < -0.39 is 35.2 Å². The number of aromatic nitrogens is 3. The first-order chi connectivity index (χ1) is 14.9. The number of thioether (sulfide) groups is 2. The van der Waals surface area contributed by atoms with Gasteiger partial charge < -0.3 is 21.3 Å². The lowest BCUT2D eigenvalue weighted by Crippen LogP contribution is -2.71. The van der Waals surface area contributed by atoms with Crippen LogP contribution in [-0.2, 0) is 14.4 Å². The van der Waals surface area contributed by atoms with E-state index in [1.54, 1.807) is 0 Å². The van der Waals surface area contributed by atoms with Crippen molar-refractivity contribution in [3.8, 4) is 5.75 Å². The molecule has 3 atom stereocenters. The lowest BCUT2D eigenvalue weighted by molar-refractivity contribution is -0.150. The maximum atomic E-state index is 12.7. The van der Waals surface area contributed by atoms with Gasteiger partial charge in [-0.2, -0.15) is 10.3 Å². The molecule has 0 spiro atoms. The number of hydrogen-bond donors (Lipinski definition) is 5. The molecule has 6 N–H and O–H groups in total. The number of nitrogens with two attached hydrogens (primary N) is 1. The number of aromatic amines is 1. The molecule has 162 valence electrons. The Morgan fingerprint density at radius 2 is 2.13 bits per heavy atom. The summed E-state index contributed by atoms with van der Waals surface area (Å²) in [5, 5.41) is 31.9. The Labute approximate surface area is 184 Å². The third-order valence-corrected chi connectivity index (χ3v) is 7.19. The number of hydrogen-bond acceptors (Lipinski definition) is 9. The summed E-state index contributed by atoms with van der Waals surface area (Å²) in [7, 11) is 0. The van der Waals surface area contributed by atoms with Gasteiger partial charge in [0.2, 0.25) is 5.91 Å². The highest BCUT2D eigenvalue weighted by Crippen LogP contribution is 2.41. The summed E-state index contributed by atoms with van der Waals surface area (Å²) in [4.78, 5) is 38.4. The quantitative estimate of drug-likeness (QED) is 0.279. The minimum Gasteiger partial charge on any atom is -0.508 e. The van der Waals surface area contributed by atoms with Crippen LogP contribution in [0, 0.1) is 0 Å². The minimum absolute atomic E-state index is 0.0466. The van der Waals surface area contributed by atoms with Gasteiger partial charge in [-0.1, -0.05) is 23.9 Å². The van der Waals surface area contributed by atoms with Crippen LogP contribution in [-0.4, -0.2) is 71.2 Å². The number of nitrogens with one attached hydrogen (secondary N) is 2. The van der Waals surface area contributed by atoms with Crippen molar-refractivity contribution in [2.45, 2.75) is 22.5 Å². The molecule has 4 rings (SSSR count). The van der Waals surface area contributed by atoms with Gasteiger partial charge in [0.05, 0.1) is 6.20 Å². The topological polar surface area (TPSA) is 175 Å². The van der Waals surface area contributed by atoms with Crippen LogP contribution in [0.15, 0.2) is 46.8 Å². The summed E-state index contributed by atoms with van der Waals surface area (Å²) in [5.74, 6) is -1.45. The first-order valence-electron chi connectivity index (χ1n) is 9.10. The molecule has 13 heteroatoms. The summed E-state index contributed by atoms with van der Waals surface area (Å²) < 4.78 is 0. The number of aliphatic carboxylic acids is 1. The summed E-state index contributed by atoms with van der Waals surface area (Å²) in [6.07, 6.45) is 1.53. The van der Waals surface area contributed by atoms with Gasteiger partial charge in [-0.3, -0.25) is 14.5 Å². The van der Waals surface area contributed by atoms with Crippen molar-refractivity contribution in [3.05, 3.63) is 47.3 Å². The van der Waals surface area contributed by atoms with Crippen molar-refractivity contribution in [1.29, 1.82) is 0 Å². The third kappa shape index (κ3) is 4.11. The fourth-order valence-electron chi connectivity index (χ4n) is 3.29. The predicted molar refractivity (Wildman–Crippen MR) is 112 cm³/mol. The number of carbonyl (C=O) groups excluding carboxylic acids is 2. The van der Waals surface area contributed by atoms with E-state index in [0.29, 0.717) is 27.7 Å². The van der Waals surface area contributed by atoms with Crippen molar-refractivity contribution >= 4 is 41.3 Å². The smallest absolute Gasteiger partial charge is 0.352 e. The lowest BCUT2D eigenvalue weighted by Gasteiger charge is -2.49. The monoisotopic (exact) mass is 462 g/mol. The normalized spacial score (nSPS) is 21.3. The van der Waals surface area contributed by atoms with Crippen LogP contribution in [0.1, 0.15) is 11.6 Å². The van der Waals surface area contributed by atoms with Gasteiger partial charge in [0.15, 0.2) is 0 Å². The maximum Gasteiger partial charge on any atom is 0.352 e. The predicted octanol–water partition coefficient (Wildman–Crippen LogP) is 0.0410. The molecule has 1 fully saturated rings. The molecule has 3 heterocycles. The maximum absolute atomic E-state index is 12.7. The molecular weight excluding hydrogens is 444 g/mol. The highest BCUT2D eigenvalue weighted by Gasteiger charge is 2.54. The van der Waals surface area contributed by atoms with Crippen molar-refractivity contribution in [1.82, 2.24) is 25.6 Å². The van der Waals surface area contributed by atoms with Crippen LogP contribution in [0.25, 0.3) is 0 Å². The van der Waals surface area contributed by atoms with E-state index in [1.165, 1.54) is 58.9 Å². The van der Waals surface area contributed by atoms with E-state index in [1.807, 2.05) is 0 Å². The largest absolute Gasteiger partial charge is 0.508 e. The number of carbonyl (C=O) groups is 3. The Morgan fingerprint density at radius 1 is 1.39 bits per heavy atom. The number of rotatable bonds is 7. The van der Waals surface area contributed by atoms with Crippen LogP contribution < -0.4 is 11.1 Å². The standard InChI is InChI=1S/C18H18N6O5S2/c19-12(8-1-3-10(25)4-2-8)15(26)21-13-16(27)24-14(18(28)29)9(7-31-17(13)24)6-30-11-5-20-23-22-11/h1-5,12-13,17,25H,6-7,19H2,(H,21,26)(H,28,29)(H,20,22,23)/t12-,13?,17?/m1/s1. The van der Waals surface area contributed by atoms with Gasteiger partial charge in [-0.15, -0.1) is 16.9 Å². The number of benzene rings is 1. The number of carboxylic acid groups (broad SMARTS) is 1. The SMILES string of the molecule is N[C@@H](C(=O)NC1C(=O)N2C(C(=O)O)=C(CSc3cn[nH]n3)CSC12)c1ccc(O)cc1. The Balaban J connectivity index is 1.45. The summed E-state index contributed by atoms with van der Waals surface area (Å²) in [6.45, 7) is 0. The number of aromatic hydroxyl groups is 1. The van der Waals surface area contributed by atoms with Crippen molar-refractivity contribution in [3.63, 3.8) is 0 Å². The fraction of sp³-hybridized carbons (Fsp3) is 0.278. The molecule has 2 aliphatic rings. The molecule has 2 unspecified atom stereocenters. The van der Waals surface area contributed by atoms with Crippen molar-refractivity contribution in [2.24, 2.45) is 5.73 Å². The second-order valence-electron chi connectivity index (χ2n) is 6.82. The highest BCUT2D eigenvalue weighted by molar-refractivity contribution is 8.01. The molecule has 31 heavy (non-hydrogen) atoms. The Morgan fingerprint density at radius 3 is 2.77 bits per heavy atom. The first-order valence-corrected chi connectivity index (χ1v) is 11.1. The average molecular weight is 463 g/mol. The van der Waals surface area contributed by atoms with E-state index in [0.717, 1.165) is 0 Å². The molecule has 0 bridgehead atoms. The van der Waals surface area contributed by atoms with Crippen LogP contribution in [0.3, 0.4) is 0 Å². The van der Waals surface area contributed by atoms with E-state index in [2.05, 4.69) is 20.7 Å². The molecule has 2 aromatic rings. The van der Waals surface area contributed by atoms with Crippen LogP contribution in [0.4, 0.5) is 0 Å². The Bertz CT molecular complexity index is 1040. The zero-order chi connectivity index (χ0) is 22.1. The molecule has 2 aliphatic heterocycles. The number of carboxylic acids is 1. The van der Waals surface area contributed by atoms with Crippen molar-refractivity contribution < 1.29 is 24.6 Å². The van der Waals surface area contributed by atoms with Crippen LogP contribution in [0.5, 0.6) is 5.75 Å². The number of H-pyrrole nitrogens is 1. The summed E-state index contributed by atoms with van der Waals surface area (Å²) >= 11 is 2.70. The van der Waals surface area contributed by atoms with Crippen LogP contribution in [0.2, 0.25) is 0 Å². The molecule has 1 aromatic carbocycles. The zero-order valence-electron chi connectivity index (χ0n) is 15.9. The number of β-lactam (4-membered cyclic amide) rings is 1. The number of phenols is 1. The van der Waals surface area contributed by atoms with E-state index in [4.69, 9.17) is 5.73 Å². The third-order valence-electron chi connectivity index (χ3n) is 4.87. The van der Waals surface area contributed by atoms with Crippen LogP contribution >= 0.6 is 23.5 Å². The van der Waals surface area contributed by atoms with E-state index in [9.17, 15) is 24.6 Å². The van der Waals surface area contributed by atoms with Gasteiger partial charge in [0, 0.05) is 11.5 Å². The molecule has 0 aliphatic carbocycles. The van der Waals surface area contributed by atoms with E-state index >= 15 is 0 Å². The summed E-state index contributed by atoms with van der Waals surface area (Å²) in [6, 6.07) is 3.98. The minimum atomic E-state index is -1.19. The van der Waals surface area contributed by atoms with Gasteiger partial charge >= 0.3 is 5.97 Å². The molecule has 11 nitrogen and oxygen atoms in total. The molecule has 1 saturated heterocycles. The second kappa shape index (κ2) is 8.61. The molecule has 1 aromatic heterocycles. The fourth-order valence-corrected chi connectivity index (χ4v) is 5.56. The van der Waals surface area contributed by atoms with Gasteiger partial charge in [0.25, 0.3) is 5.91 Å².